The van der Waals surface area contributed by atoms with Gasteiger partial charge in [-0.3, -0.25) is 0 Å². The number of nitrogens with zero attached hydrogens (tertiary/aromatic N) is 2. The van der Waals surface area contributed by atoms with Crippen molar-refractivity contribution in [2.75, 3.05) is 44.7 Å². The first-order valence-electron chi connectivity index (χ1n) is 6.57. The summed E-state index contributed by atoms with van der Waals surface area (Å²) in [4.78, 5) is 5.92. The number of thiocarbonyl (C=S) groups is 1. The standard InChI is InChI=1S/C14H20N2OS2/c1-3-17-14(18)19-13-6-4-12(5-7-13)16-10-8-15(2)9-11-16/h4-7H,3,8-11H2,1-2H3. The highest BCUT2D eigenvalue weighted by Gasteiger charge is 2.14. The molecule has 0 unspecified atom stereocenters. The molecule has 1 fully saturated rings. The van der Waals surface area contributed by atoms with Crippen molar-refractivity contribution in [3.63, 3.8) is 0 Å². The summed E-state index contributed by atoms with van der Waals surface area (Å²) in [5.74, 6) is 0. The topological polar surface area (TPSA) is 15.7 Å². The molecule has 0 aromatic heterocycles. The van der Waals surface area contributed by atoms with Gasteiger partial charge in [-0.1, -0.05) is 0 Å². The van der Waals surface area contributed by atoms with Crippen molar-refractivity contribution in [1.29, 1.82) is 0 Å². The van der Waals surface area contributed by atoms with E-state index in [1.807, 2.05) is 6.92 Å². The lowest BCUT2D eigenvalue weighted by Gasteiger charge is -2.34. The van der Waals surface area contributed by atoms with Gasteiger partial charge in [0, 0.05) is 36.8 Å². The molecule has 0 bridgehead atoms. The summed E-state index contributed by atoms with van der Waals surface area (Å²) < 4.78 is 5.88. The second-order valence-electron chi connectivity index (χ2n) is 4.57. The molecule has 1 aliphatic rings. The monoisotopic (exact) mass is 296 g/mol. The van der Waals surface area contributed by atoms with Gasteiger partial charge in [0.25, 0.3) is 0 Å². The maximum absolute atomic E-state index is 5.28. The zero-order valence-electron chi connectivity index (χ0n) is 11.5. The zero-order valence-corrected chi connectivity index (χ0v) is 13.1. The third-order valence-electron chi connectivity index (χ3n) is 3.17. The van der Waals surface area contributed by atoms with E-state index in [4.69, 9.17) is 17.0 Å². The average molecular weight is 296 g/mol. The van der Waals surface area contributed by atoms with Crippen molar-refractivity contribution in [2.45, 2.75) is 11.8 Å². The van der Waals surface area contributed by atoms with Crippen LogP contribution in [0.2, 0.25) is 0 Å². The summed E-state index contributed by atoms with van der Waals surface area (Å²) in [5, 5.41) is 0. The zero-order chi connectivity index (χ0) is 13.7. The van der Waals surface area contributed by atoms with Crippen LogP contribution in [0.3, 0.4) is 0 Å². The number of ether oxygens (including phenoxy) is 1. The van der Waals surface area contributed by atoms with Crippen molar-refractivity contribution in [3.05, 3.63) is 24.3 Å². The molecule has 1 saturated heterocycles. The van der Waals surface area contributed by atoms with Crippen LogP contribution in [-0.4, -0.2) is 49.1 Å². The number of benzene rings is 1. The summed E-state index contributed by atoms with van der Waals surface area (Å²) in [6, 6.07) is 8.57. The van der Waals surface area contributed by atoms with Gasteiger partial charge < -0.3 is 14.5 Å². The van der Waals surface area contributed by atoms with Gasteiger partial charge in [-0.15, -0.1) is 0 Å². The fraction of sp³-hybridized carbons (Fsp3) is 0.500. The van der Waals surface area contributed by atoms with Gasteiger partial charge in [-0.25, -0.2) is 0 Å². The third-order valence-corrected chi connectivity index (χ3v) is 4.33. The number of thioether (sulfide) groups is 1. The Kier molecular flexibility index (Phi) is 5.48. The van der Waals surface area contributed by atoms with Crippen LogP contribution >= 0.6 is 24.0 Å². The Morgan fingerprint density at radius 3 is 2.42 bits per heavy atom. The van der Waals surface area contributed by atoms with Crippen molar-refractivity contribution in [1.82, 2.24) is 4.90 Å². The lowest BCUT2D eigenvalue weighted by atomic mass is 10.2. The minimum absolute atomic E-state index is 0.592. The lowest BCUT2D eigenvalue weighted by Crippen LogP contribution is -2.44. The molecule has 0 aliphatic carbocycles. The fourth-order valence-corrected chi connectivity index (χ4v) is 3.08. The Bertz CT molecular complexity index is 414. The first-order chi connectivity index (χ1) is 9.19. The predicted molar refractivity (Wildman–Crippen MR) is 86.2 cm³/mol. The van der Waals surface area contributed by atoms with Gasteiger partial charge in [0.05, 0.1) is 6.61 Å². The van der Waals surface area contributed by atoms with Crippen LogP contribution in [0.1, 0.15) is 6.92 Å². The first kappa shape index (κ1) is 14.6. The molecule has 0 atom stereocenters. The minimum Gasteiger partial charge on any atom is -0.479 e. The Morgan fingerprint density at radius 2 is 1.84 bits per heavy atom. The minimum atomic E-state index is 0.592. The van der Waals surface area contributed by atoms with E-state index in [2.05, 4.69) is 41.1 Å². The van der Waals surface area contributed by atoms with E-state index in [1.165, 1.54) is 17.4 Å². The molecule has 0 N–H and O–H groups in total. The smallest absolute Gasteiger partial charge is 0.224 e. The van der Waals surface area contributed by atoms with E-state index in [0.29, 0.717) is 11.0 Å². The van der Waals surface area contributed by atoms with Crippen LogP contribution in [0.5, 0.6) is 0 Å². The molecule has 19 heavy (non-hydrogen) atoms. The molecule has 2 rings (SSSR count). The number of hydrogen-bond donors (Lipinski definition) is 0. The molecule has 3 nitrogen and oxygen atoms in total. The Morgan fingerprint density at radius 1 is 1.21 bits per heavy atom. The lowest BCUT2D eigenvalue weighted by molar-refractivity contribution is 0.313. The summed E-state index contributed by atoms with van der Waals surface area (Å²) in [7, 11) is 2.17. The molecule has 1 aromatic rings. The number of piperazine rings is 1. The molecule has 0 spiro atoms. The Labute approximate surface area is 124 Å². The van der Waals surface area contributed by atoms with Crippen LogP contribution in [0.4, 0.5) is 5.69 Å². The van der Waals surface area contributed by atoms with Crippen LogP contribution < -0.4 is 4.90 Å². The van der Waals surface area contributed by atoms with E-state index in [1.54, 1.807) is 0 Å². The average Bonchev–Trinajstić information content (AvgIpc) is 2.41. The van der Waals surface area contributed by atoms with E-state index >= 15 is 0 Å². The summed E-state index contributed by atoms with van der Waals surface area (Å²) >= 11 is 6.64. The molecule has 1 aliphatic heterocycles. The number of anilines is 1. The summed E-state index contributed by atoms with van der Waals surface area (Å²) in [6.45, 7) is 7.03. The van der Waals surface area contributed by atoms with Gasteiger partial charge in [0.15, 0.2) is 0 Å². The molecule has 0 saturated carbocycles. The van der Waals surface area contributed by atoms with E-state index in [9.17, 15) is 0 Å². The third kappa shape index (κ3) is 4.37. The Hall–Kier alpha value is -0.780. The van der Waals surface area contributed by atoms with Crippen molar-refractivity contribution < 1.29 is 4.74 Å². The molecule has 1 heterocycles. The van der Waals surface area contributed by atoms with Crippen LogP contribution in [0, 0.1) is 0 Å². The maximum atomic E-state index is 5.28. The first-order valence-corrected chi connectivity index (χ1v) is 7.79. The van der Waals surface area contributed by atoms with E-state index in [0.717, 1.165) is 31.1 Å². The van der Waals surface area contributed by atoms with E-state index in [-0.39, 0.29) is 0 Å². The number of likely N-dealkylation sites (N-methyl/N-ethyl adjacent to an activating group) is 1. The Balaban J connectivity index is 1.92. The molecule has 0 amide bonds. The van der Waals surface area contributed by atoms with Crippen LogP contribution in [-0.2, 0) is 4.74 Å². The number of hydrogen-bond acceptors (Lipinski definition) is 5. The molecule has 5 heteroatoms. The largest absolute Gasteiger partial charge is 0.479 e. The van der Waals surface area contributed by atoms with Crippen LogP contribution in [0.15, 0.2) is 29.2 Å². The second kappa shape index (κ2) is 7.12. The van der Waals surface area contributed by atoms with Crippen molar-refractivity contribution >= 4 is 34.0 Å². The van der Waals surface area contributed by atoms with Crippen molar-refractivity contribution in [3.8, 4) is 0 Å². The normalized spacial score (nSPS) is 16.4. The molecule has 104 valence electrons. The molecule has 0 radical (unpaired) electrons. The predicted octanol–water partition coefficient (Wildman–Crippen LogP) is 2.85. The quantitative estimate of drug-likeness (QED) is 0.628. The number of rotatable bonds is 3. The van der Waals surface area contributed by atoms with Crippen molar-refractivity contribution in [2.24, 2.45) is 0 Å². The van der Waals surface area contributed by atoms with Gasteiger partial charge in [0.2, 0.25) is 4.38 Å². The highest BCUT2D eigenvalue weighted by Crippen LogP contribution is 2.24. The summed E-state index contributed by atoms with van der Waals surface area (Å²) in [5.41, 5.74) is 1.29. The maximum Gasteiger partial charge on any atom is 0.224 e. The SMILES string of the molecule is CCOC(=S)Sc1ccc(N2CCN(C)CC2)cc1. The van der Waals surface area contributed by atoms with E-state index < -0.39 is 0 Å². The second-order valence-corrected chi connectivity index (χ2v) is 6.24. The van der Waals surface area contributed by atoms with Gasteiger partial charge >= 0.3 is 0 Å². The van der Waals surface area contributed by atoms with Gasteiger partial charge in [-0.05, 0) is 62.2 Å². The highest BCUT2D eigenvalue weighted by atomic mass is 32.2. The van der Waals surface area contributed by atoms with Crippen LogP contribution in [0.25, 0.3) is 0 Å². The molecule has 1 aromatic carbocycles. The highest BCUT2D eigenvalue weighted by molar-refractivity contribution is 8.22. The summed E-state index contributed by atoms with van der Waals surface area (Å²) in [6.07, 6.45) is 0. The molecular weight excluding hydrogens is 276 g/mol. The molecular formula is C14H20N2OS2. The fourth-order valence-electron chi connectivity index (χ4n) is 2.03. The van der Waals surface area contributed by atoms with Gasteiger partial charge in [0.1, 0.15) is 0 Å². The van der Waals surface area contributed by atoms with Gasteiger partial charge in [-0.2, -0.15) is 0 Å².